The minimum absolute atomic E-state index is 0.0558. The Morgan fingerprint density at radius 3 is 2.03 bits per heavy atom. The molecule has 176 valence electrons. The molecule has 0 saturated carbocycles. The molecule has 2 amide bonds. The third-order valence-electron chi connectivity index (χ3n) is 5.86. The lowest BCUT2D eigenvalue weighted by molar-refractivity contribution is -0.141. The van der Waals surface area contributed by atoms with Gasteiger partial charge in [-0.25, -0.2) is 4.79 Å². The SMILES string of the molecule is C[C@@H](NC(=O)C(CCC(C)(C)C)NC(=O)OCC1c2ccccc2-c2ccccc21)C(=O)O. The summed E-state index contributed by atoms with van der Waals surface area (Å²) in [5, 5.41) is 14.2. The highest BCUT2D eigenvalue weighted by Crippen LogP contribution is 2.44. The predicted octanol–water partition coefficient (Wildman–Crippen LogP) is 4.31. The number of carbonyl (C=O) groups excluding carboxylic acids is 2. The van der Waals surface area contributed by atoms with Crippen molar-refractivity contribution in [3.8, 4) is 11.1 Å². The van der Waals surface area contributed by atoms with E-state index >= 15 is 0 Å². The molecule has 0 aromatic heterocycles. The second-order valence-electron chi connectivity index (χ2n) is 9.69. The molecular formula is C26H32N2O5. The van der Waals surface area contributed by atoms with Gasteiger partial charge in [0.15, 0.2) is 0 Å². The molecule has 2 atom stereocenters. The lowest BCUT2D eigenvalue weighted by atomic mass is 9.88. The Morgan fingerprint density at radius 2 is 1.52 bits per heavy atom. The second kappa shape index (κ2) is 10.1. The van der Waals surface area contributed by atoms with Crippen molar-refractivity contribution in [1.82, 2.24) is 10.6 Å². The Kier molecular flexibility index (Phi) is 7.41. The van der Waals surface area contributed by atoms with Gasteiger partial charge >= 0.3 is 12.1 Å². The van der Waals surface area contributed by atoms with E-state index in [0.717, 1.165) is 22.3 Å². The zero-order valence-electron chi connectivity index (χ0n) is 19.6. The number of carboxylic acid groups (broad SMARTS) is 1. The quantitative estimate of drug-likeness (QED) is 0.554. The van der Waals surface area contributed by atoms with E-state index in [2.05, 4.69) is 22.8 Å². The van der Waals surface area contributed by atoms with Crippen molar-refractivity contribution in [3.05, 3.63) is 59.7 Å². The molecule has 0 aliphatic heterocycles. The van der Waals surface area contributed by atoms with Crippen LogP contribution in [-0.2, 0) is 14.3 Å². The maximum Gasteiger partial charge on any atom is 0.407 e. The summed E-state index contributed by atoms with van der Waals surface area (Å²) in [6, 6.07) is 14.2. The summed E-state index contributed by atoms with van der Waals surface area (Å²) in [5.41, 5.74) is 4.41. The average molecular weight is 453 g/mol. The number of hydrogen-bond donors (Lipinski definition) is 3. The third-order valence-corrected chi connectivity index (χ3v) is 5.86. The van der Waals surface area contributed by atoms with Crippen molar-refractivity contribution in [3.63, 3.8) is 0 Å². The molecule has 0 bridgehead atoms. The van der Waals surface area contributed by atoms with Crippen molar-refractivity contribution in [2.45, 2.75) is 58.5 Å². The van der Waals surface area contributed by atoms with Crippen LogP contribution in [0.1, 0.15) is 57.6 Å². The molecule has 2 aromatic rings. The number of carbonyl (C=O) groups is 3. The zero-order chi connectivity index (χ0) is 24.2. The standard InChI is InChI=1S/C26H32N2O5/c1-16(24(30)31)27-23(29)22(13-14-26(2,3)4)28-25(32)33-15-21-19-11-7-5-9-17(19)18-10-6-8-12-20(18)21/h5-12,16,21-22H,13-15H2,1-4H3,(H,27,29)(H,28,32)(H,30,31)/t16-,22?/m1/s1. The van der Waals surface area contributed by atoms with Crippen LogP contribution in [0.5, 0.6) is 0 Å². The predicted molar refractivity (Wildman–Crippen MR) is 126 cm³/mol. The van der Waals surface area contributed by atoms with Crippen LogP contribution in [0.15, 0.2) is 48.5 Å². The topological polar surface area (TPSA) is 105 Å². The van der Waals surface area contributed by atoms with Gasteiger partial charge in [0, 0.05) is 5.92 Å². The normalized spacial score (nSPS) is 14.5. The summed E-state index contributed by atoms with van der Waals surface area (Å²) in [6.07, 6.45) is 0.330. The number of rotatable bonds is 8. The minimum Gasteiger partial charge on any atom is -0.480 e. The number of benzene rings is 2. The van der Waals surface area contributed by atoms with Crippen LogP contribution in [0.2, 0.25) is 0 Å². The fourth-order valence-corrected chi connectivity index (χ4v) is 4.00. The number of aliphatic carboxylic acids is 1. The van der Waals surface area contributed by atoms with Gasteiger partial charge in [-0.05, 0) is 47.4 Å². The van der Waals surface area contributed by atoms with Gasteiger partial charge < -0.3 is 20.5 Å². The van der Waals surface area contributed by atoms with E-state index in [1.54, 1.807) is 0 Å². The number of alkyl carbamates (subject to hydrolysis) is 1. The number of fused-ring (bicyclic) bond motifs is 3. The molecule has 0 saturated heterocycles. The molecule has 3 N–H and O–H groups in total. The lowest BCUT2D eigenvalue weighted by Gasteiger charge is -2.24. The Morgan fingerprint density at radius 1 is 0.970 bits per heavy atom. The van der Waals surface area contributed by atoms with Crippen molar-refractivity contribution >= 4 is 18.0 Å². The Balaban J connectivity index is 1.67. The average Bonchev–Trinajstić information content (AvgIpc) is 3.08. The summed E-state index contributed by atoms with van der Waals surface area (Å²) < 4.78 is 5.56. The molecule has 0 radical (unpaired) electrons. The molecular weight excluding hydrogens is 420 g/mol. The largest absolute Gasteiger partial charge is 0.480 e. The second-order valence-corrected chi connectivity index (χ2v) is 9.69. The van der Waals surface area contributed by atoms with Crippen LogP contribution in [0.25, 0.3) is 11.1 Å². The monoisotopic (exact) mass is 452 g/mol. The van der Waals surface area contributed by atoms with E-state index in [0.29, 0.717) is 12.8 Å². The van der Waals surface area contributed by atoms with E-state index in [4.69, 9.17) is 9.84 Å². The summed E-state index contributed by atoms with van der Waals surface area (Å²) in [6.45, 7) is 7.63. The maximum atomic E-state index is 12.7. The van der Waals surface area contributed by atoms with Crippen LogP contribution >= 0.6 is 0 Å². The Hall–Kier alpha value is -3.35. The molecule has 0 spiro atoms. The molecule has 1 aliphatic rings. The molecule has 2 aromatic carbocycles. The van der Waals surface area contributed by atoms with E-state index in [-0.39, 0.29) is 17.9 Å². The summed E-state index contributed by atoms with van der Waals surface area (Å²) in [5.74, 6) is -1.77. The van der Waals surface area contributed by atoms with E-state index in [1.807, 2.05) is 57.2 Å². The highest BCUT2D eigenvalue weighted by Gasteiger charge is 2.30. The number of amides is 2. The maximum absolute atomic E-state index is 12.7. The molecule has 1 aliphatic carbocycles. The highest BCUT2D eigenvalue weighted by molar-refractivity contribution is 5.89. The summed E-state index contributed by atoms with van der Waals surface area (Å²) >= 11 is 0. The fourth-order valence-electron chi connectivity index (χ4n) is 4.00. The van der Waals surface area contributed by atoms with Gasteiger partial charge in [0.2, 0.25) is 5.91 Å². The van der Waals surface area contributed by atoms with Crippen LogP contribution in [0.3, 0.4) is 0 Å². The Labute approximate surface area is 194 Å². The van der Waals surface area contributed by atoms with Crippen LogP contribution < -0.4 is 10.6 Å². The van der Waals surface area contributed by atoms with Crippen LogP contribution in [-0.4, -0.2) is 41.8 Å². The molecule has 1 unspecified atom stereocenters. The molecule has 3 rings (SSSR count). The first-order chi connectivity index (χ1) is 15.6. The molecule has 0 fully saturated rings. The Bertz CT molecular complexity index is 982. The van der Waals surface area contributed by atoms with Gasteiger partial charge in [-0.1, -0.05) is 69.3 Å². The van der Waals surface area contributed by atoms with Crippen LogP contribution in [0.4, 0.5) is 4.79 Å². The number of ether oxygens (including phenoxy) is 1. The van der Waals surface area contributed by atoms with Gasteiger partial charge in [-0.15, -0.1) is 0 Å². The number of hydrogen-bond acceptors (Lipinski definition) is 4. The smallest absolute Gasteiger partial charge is 0.407 e. The first kappa shape index (κ1) is 24.3. The van der Waals surface area contributed by atoms with Gasteiger partial charge in [0.25, 0.3) is 0 Å². The molecule has 7 heteroatoms. The van der Waals surface area contributed by atoms with Crippen molar-refractivity contribution in [1.29, 1.82) is 0 Å². The minimum atomic E-state index is -1.14. The summed E-state index contributed by atoms with van der Waals surface area (Å²) in [7, 11) is 0. The van der Waals surface area contributed by atoms with E-state index in [1.165, 1.54) is 6.92 Å². The van der Waals surface area contributed by atoms with Gasteiger partial charge in [0.05, 0.1) is 0 Å². The molecule has 7 nitrogen and oxygen atoms in total. The van der Waals surface area contributed by atoms with Gasteiger partial charge in [0.1, 0.15) is 18.7 Å². The molecule has 33 heavy (non-hydrogen) atoms. The third kappa shape index (κ3) is 6.12. The fraction of sp³-hybridized carbons (Fsp3) is 0.423. The van der Waals surface area contributed by atoms with Gasteiger partial charge in [-0.2, -0.15) is 0 Å². The van der Waals surface area contributed by atoms with Gasteiger partial charge in [-0.3, -0.25) is 9.59 Å². The first-order valence-corrected chi connectivity index (χ1v) is 11.2. The zero-order valence-corrected chi connectivity index (χ0v) is 19.6. The van der Waals surface area contributed by atoms with E-state index in [9.17, 15) is 14.4 Å². The van der Waals surface area contributed by atoms with Crippen LogP contribution in [0, 0.1) is 5.41 Å². The van der Waals surface area contributed by atoms with Crippen molar-refractivity contribution in [2.24, 2.45) is 5.41 Å². The number of carboxylic acids is 1. The molecule has 0 heterocycles. The van der Waals surface area contributed by atoms with E-state index < -0.39 is 30.1 Å². The van der Waals surface area contributed by atoms with Crippen molar-refractivity contribution < 1.29 is 24.2 Å². The lowest BCUT2D eigenvalue weighted by Crippen LogP contribution is -2.51. The summed E-state index contributed by atoms with van der Waals surface area (Å²) in [4.78, 5) is 36.4. The highest BCUT2D eigenvalue weighted by atomic mass is 16.5. The number of nitrogens with one attached hydrogen (secondary N) is 2. The first-order valence-electron chi connectivity index (χ1n) is 11.2. The van der Waals surface area contributed by atoms with Crippen molar-refractivity contribution in [2.75, 3.05) is 6.61 Å².